The van der Waals surface area contributed by atoms with Crippen LogP contribution < -0.4 is 0 Å². The number of hydrogen-bond acceptors (Lipinski definition) is 4. The molecule has 8 heteroatoms. The molecule has 0 N–H and O–H groups in total. The van der Waals surface area contributed by atoms with E-state index in [4.69, 9.17) is 0 Å². The van der Waals surface area contributed by atoms with Gasteiger partial charge in [-0.15, -0.1) is 10.2 Å². The first-order chi connectivity index (χ1) is 13.9. The number of nitrogens with zero attached hydrogens (tertiary/aromatic N) is 4. The smallest absolute Gasteiger partial charge is 0.218 e. The molecule has 0 bridgehead atoms. The molecule has 29 heavy (non-hydrogen) atoms. The summed E-state index contributed by atoms with van der Waals surface area (Å²) in [5, 5.41) is 8.56. The fraction of sp³-hybridized carbons (Fsp3) is 0.619. The highest BCUT2D eigenvalue weighted by Gasteiger charge is 2.52. The van der Waals surface area contributed by atoms with Crippen molar-refractivity contribution >= 4 is 10.0 Å². The van der Waals surface area contributed by atoms with Gasteiger partial charge in [-0.25, -0.2) is 17.1 Å². The predicted molar refractivity (Wildman–Crippen MR) is 109 cm³/mol. The molecule has 1 saturated carbocycles. The Morgan fingerprint density at radius 2 is 1.90 bits per heavy atom. The molecule has 1 aliphatic heterocycles. The molecule has 6 nitrogen and oxygen atoms in total. The zero-order valence-corrected chi connectivity index (χ0v) is 17.7. The van der Waals surface area contributed by atoms with Gasteiger partial charge in [0, 0.05) is 25.6 Å². The molecule has 0 radical (unpaired) electrons. The van der Waals surface area contributed by atoms with Gasteiger partial charge in [0.15, 0.2) is 0 Å². The van der Waals surface area contributed by atoms with Gasteiger partial charge >= 0.3 is 0 Å². The van der Waals surface area contributed by atoms with E-state index >= 15 is 0 Å². The van der Waals surface area contributed by atoms with E-state index in [1.807, 2.05) is 0 Å². The Hall–Kier alpha value is -1.80. The molecular weight excluding hydrogens is 391 g/mol. The zero-order chi connectivity index (χ0) is 20.5. The summed E-state index contributed by atoms with van der Waals surface area (Å²) in [6.07, 6.45) is 8.27. The first-order valence-corrected chi connectivity index (χ1v) is 12.1. The Morgan fingerprint density at radius 1 is 1.17 bits per heavy atom. The first-order valence-electron chi connectivity index (χ1n) is 10.5. The van der Waals surface area contributed by atoms with Crippen LogP contribution in [0.5, 0.6) is 0 Å². The van der Waals surface area contributed by atoms with Gasteiger partial charge in [0.05, 0.1) is 5.75 Å². The van der Waals surface area contributed by atoms with Gasteiger partial charge in [-0.2, -0.15) is 0 Å². The van der Waals surface area contributed by atoms with Gasteiger partial charge < -0.3 is 4.57 Å². The van der Waals surface area contributed by atoms with Crippen molar-refractivity contribution in [3.63, 3.8) is 0 Å². The van der Waals surface area contributed by atoms with Crippen molar-refractivity contribution in [2.24, 2.45) is 5.41 Å². The van der Waals surface area contributed by atoms with Crippen molar-refractivity contribution in [2.75, 3.05) is 13.1 Å². The van der Waals surface area contributed by atoms with Crippen LogP contribution in [-0.2, 0) is 22.3 Å². The number of halogens is 1. The molecule has 2 heterocycles. The molecule has 1 aromatic heterocycles. The summed E-state index contributed by atoms with van der Waals surface area (Å²) in [6.45, 7) is 3.96. The highest BCUT2D eigenvalue weighted by atomic mass is 32.2. The highest BCUT2D eigenvalue weighted by Crippen LogP contribution is 2.52. The summed E-state index contributed by atoms with van der Waals surface area (Å²) in [6, 6.07) is 5.73. The summed E-state index contributed by atoms with van der Waals surface area (Å²) >= 11 is 0. The van der Waals surface area contributed by atoms with Crippen LogP contribution in [-0.4, -0.2) is 40.6 Å². The van der Waals surface area contributed by atoms with Crippen LogP contribution in [0, 0.1) is 11.2 Å². The molecule has 0 amide bonds. The number of benzene rings is 1. The van der Waals surface area contributed by atoms with Crippen LogP contribution in [0.1, 0.15) is 62.8 Å². The molecular formula is C21H29FN4O2S. The van der Waals surface area contributed by atoms with Gasteiger partial charge in [-0.1, -0.05) is 38.3 Å². The number of hydrogen-bond donors (Lipinski definition) is 0. The first kappa shape index (κ1) is 20.5. The Bertz CT molecular complexity index is 936. The fourth-order valence-electron chi connectivity index (χ4n) is 5.08. The molecule has 1 spiro atoms. The lowest BCUT2D eigenvalue weighted by Crippen LogP contribution is -2.35. The van der Waals surface area contributed by atoms with Crippen molar-refractivity contribution in [1.29, 1.82) is 0 Å². The van der Waals surface area contributed by atoms with Crippen LogP contribution >= 0.6 is 0 Å². The highest BCUT2D eigenvalue weighted by molar-refractivity contribution is 7.88. The zero-order valence-electron chi connectivity index (χ0n) is 16.9. The summed E-state index contributed by atoms with van der Waals surface area (Å²) in [5.74, 6) is 0.537. The molecule has 4 rings (SSSR count). The van der Waals surface area contributed by atoms with Crippen molar-refractivity contribution < 1.29 is 12.8 Å². The molecule has 1 aliphatic carbocycles. The van der Waals surface area contributed by atoms with E-state index in [2.05, 4.69) is 21.7 Å². The maximum absolute atomic E-state index is 13.2. The molecule has 158 valence electrons. The number of rotatable bonds is 6. The Labute approximate surface area is 172 Å². The lowest BCUT2D eigenvalue weighted by atomic mass is 9.67. The van der Waals surface area contributed by atoms with E-state index < -0.39 is 10.0 Å². The summed E-state index contributed by atoms with van der Waals surface area (Å²) < 4.78 is 43.4. The Kier molecular flexibility index (Phi) is 5.75. The molecule has 1 atom stereocenters. The van der Waals surface area contributed by atoms with E-state index in [0.717, 1.165) is 44.5 Å². The van der Waals surface area contributed by atoms with Crippen molar-refractivity contribution in [1.82, 2.24) is 19.1 Å². The minimum absolute atomic E-state index is 0.0629. The largest absolute Gasteiger partial charge is 0.317 e. The normalized spacial score (nSPS) is 22.3. The standard InChI is InChI=1S/C21H29FN4O2S/c1-2-12-25-16-23-24-20(25)19-13-26(15-21(19)10-4-3-5-11-21)29(27,28)14-17-6-8-18(22)9-7-17/h6-9,16,19H,2-5,10-15H2,1H3. The molecule has 1 aromatic carbocycles. The van der Waals surface area contributed by atoms with Gasteiger partial charge in [-0.05, 0) is 42.4 Å². The topological polar surface area (TPSA) is 68.1 Å². The molecule has 2 aliphatic rings. The third kappa shape index (κ3) is 4.10. The quantitative estimate of drug-likeness (QED) is 0.714. The molecule has 2 aromatic rings. The summed E-state index contributed by atoms with van der Waals surface area (Å²) in [5.41, 5.74) is 0.550. The average Bonchev–Trinajstić information content (AvgIpc) is 3.29. The minimum Gasteiger partial charge on any atom is -0.317 e. The van der Waals surface area contributed by atoms with Crippen LogP contribution in [0.25, 0.3) is 0 Å². The van der Waals surface area contributed by atoms with Gasteiger partial charge in [0.1, 0.15) is 18.0 Å². The van der Waals surface area contributed by atoms with E-state index in [9.17, 15) is 12.8 Å². The van der Waals surface area contributed by atoms with Gasteiger partial charge in [-0.3, -0.25) is 0 Å². The van der Waals surface area contributed by atoms with Crippen LogP contribution in [0.3, 0.4) is 0 Å². The maximum Gasteiger partial charge on any atom is 0.218 e. The van der Waals surface area contributed by atoms with E-state index in [1.165, 1.54) is 18.6 Å². The van der Waals surface area contributed by atoms with Crippen molar-refractivity contribution in [3.05, 3.63) is 47.8 Å². The Morgan fingerprint density at radius 3 is 2.59 bits per heavy atom. The maximum atomic E-state index is 13.2. The van der Waals surface area contributed by atoms with Gasteiger partial charge in [0.2, 0.25) is 10.0 Å². The lowest BCUT2D eigenvalue weighted by Gasteiger charge is -2.37. The van der Waals surface area contributed by atoms with Crippen LogP contribution in [0.2, 0.25) is 0 Å². The SMILES string of the molecule is CCCn1cnnc1C1CN(S(=O)(=O)Cc2ccc(F)cc2)CC12CCCCC2. The molecule has 1 saturated heterocycles. The molecule has 2 fully saturated rings. The number of sulfonamides is 1. The number of aromatic nitrogens is 3. The Balaban J connectivity index is 1.62. The second-order valence-electron chi connectivity index (χ2n) is 8.53. The fourth-order valence-corrected chi connectivity index (χ4v) is 6.71. The van der Waals surface area contributed by atoms with Gasteiger partial charge in [0.25, 0.3) is 0 Å². The van der Waals surface area contributed by atoms with E-state index in [-0.39, 0.29) is 22.9 Å². The second-order valence-corrected chi connectivity index (χ2v) is 10.5. The van der Waals surface area contributed by atoms with E-state index in [0.29, 0.717) is 18.7 Å². The second kappa shape index (κ2) is 8.14. The third-order valence-electron chi connectivity index (χ3n) is 6.54. The summed E-state index contributed by atoms with van der Waals surface area (Å²) in [4.78, 5) is 0. The monoisotopic (exact) mass is 420 g/mol. The summed E-state index contributed by atoms with van der Waals surface area (Å²) in [7, 11) is -3.50. The lowest BCUT2D eigenvalue weighted by molar-refractivity contribution is 0.176. The third-order valence-corrected chi connectivity index (χ3v) is 8.31. The van der Waals surface area contributed by atoms with Crippen molar-refractivity contribution in [2.45, 2.75) is 63.7 Å². The van der Waals surface area contributed by atoms with Crippen LogP contribution in [0.15, 0.2) is 30.6 Å². The number of aryl methyl sites for hydroxylation is 1. The minimum atomic E-state index is -3.50. The van der Waals surface area contributed by atoms with Crippen LogP contribution in [0.4, 0.5) is 4.39 Å². The predicted octanol–water partition coefficient (Wildman–Crippen LogP) is 3.71. The van der Waals surface area contributed by atoms with Crippen molar-refractivity contribution in [3.8, 4) is 0 Å². The average molecular weight is 421 g/mol. The van der Waals surface area contributed by atoms with E-state index in [1.54, 1.807) is 22.8 Å². The molecule has 1 unspecified atom stereocenters.